The van der Waals surface area contributed by atoms with Gasteiger partial charge in [-0.05, 0) is 30.2 Å². The van der Waals surface area contributed by atoms with Gasteiger partial charge in [-0.1, -0.05) is 17.7 Å². The van der Waals surface area contributed by atoms with Gasteiger partial charge in [0.05, 0.1) is 11.9 Å². The van der Waals surface area contributed by atoms with Crippen LogP contribution in [-0.4, -0.2) is 25.7 Å². The Balaban J connectivity index is 2.22. The summed E-state index contributed by atoms with van der Waals surface area (Å²) in [4.78, 5) is 25.7. The molecule has 3 rings (SSSR count). The number of hydrogen-bond acceptors (Lipinski definition) is 3. The van der Waals surface area contributed by atoms with E-state index in [2.05, 4.69) is 10.1 Å². The third kappa shape index (κ3) is 2.30. The molecule has 0 amide bonds. The molecule has 3 aromatic rings. The van der Waals surface area contributed by atoms with Gasteiger partial charge < -0.3 is 10.1 Å². The smallest absolute Gasteiger partial charge is 0.356 e. The molecule has 21 heavy (non-hydrogen) atoms. The highest BCUT2D eigenvalue weighted by atomic mass is 35.5. The largest absolute Gasteiger partial charge is 0.476 e. The van der Waals surface area contributed by atoms with Gasteiger partial charge in [-0.15, -0.1) is 0 Å². The number of aryl methyl sites for hydroxylation is 1. The third-order valence-electron chi connectivity index (χ3n) is 3.16. The number of halogens is 1. The average molecular weight is 304 g/mol. The van der Waals surface area contributed by atoms with Gasteiger partial charge in [0.1, 0.15) is 5.52 Å². The van der Waals surface area contributed by atoms with Crippen LogP contribution in [0.2, 0.25) is 5.02 Å². The molecule has 2 heterocycles. The maximum Gasteiger partial charge on any atom is 0.356 e. The molecule has 0 aliphatic rings. The Morgan fingerprint density at radius 3 is 2.81 bits per heavy atom. The predicted octanol–water partition coefficient (Wildman–Crippen LogP) is 2.35. The highest BCUT2D eigenvalue weighted by Gasteiger charge is 2.12. The Kier molecular flexibility index (Phi) is 3.03. The van der Waals surface area contributed by atoms with Gasteiger partial charge in [-0.25, -0.2) is 9.31 Å². The molecule has 7 heteroatoms. The van der Waals surface area contributed by atoms with Crippen molar-refractivity contribution in [3.63, 3.8) is 0 Å². The van der Waals surface area contributed by atoms with Gasteiger partial charge >= 0.3 is 5.97 Å². The Morgan fingerprint density at radius 1 is 1.38 bits per heavy atom. The fourth-order valence-corrected chi connectivity index (χ4v) is 2.18. The summed E-state index contributed by atoms with van der Waals surface area (Å²) in [6.07, 6.45) is 1.58. The minimum Gasteiger partial charge on any atom is -0.476 e. The molecule has 6 nitrogen and oxygen atoms in total. The lowest BCUT2D eigenvalue weighted by Gasteiger charge is -2.05. The molecule has 106 valence electrons. The normalized spacial score (nSPS) is 11.0. The first kappa shape index (κ1) is 13.4. The molecule has 0 bridgehead atoms. The molecule has 2 N–H and O–H groups in total. The summed E-state index contributed by atoms with van der Waals surface area (Å²) < 4.78 is 1.27. The molecule has 0 saturated heterocycles. The topological polar surface area (TPSA) is 87.5 Å². The van der Waals surface area contributed by atoms with E-state index in [4.69, 9.17) is 16.7 Å². The number of H-pyrrole nitrogens is 1. The second-order valence-corrected chi connectivity index (χ2v) is 5.03. The van der Waals surface area contributed by atoms with E-state index >= 15 is 0 Å². The molecule has 0 radical (unpaired) electrons. The number of benzene rings is 1. The van der Waals surface area contributed by atoms with E-state index in [-0.39, 0.29) is 11.2 Å². The molecule has 2 aromatic heterocycles. The molecule has 0 saturated carbocycles. The van der Waals surface area contributed by atoms with Crippen LogP contribution in [0.1, 0.15) is 16.1 Å². The van der Waals surface area contributed by atoms with E-state index in [0.717, 1.165) is 11.1 Å². The monoisotopic (exact) mass is 303 g/mol. The summed E-state index contributed by atoms with van der Waals surface area (Å²) in [6, 6.07) is 6.58. The van der Waals surface area contributed by atoms with Crippen LogP contribution in [0, 0.1) is 6.92 Å². The van der Waals surface area contributed by atoms with Gasteiger partial charge in [0.2, 0.25) is 0 Å². The number of aromatic nitrogens is 3. The Hall–Kier alpha value is -2.60. The molecule has 0 atom stereocenters. The number of nitrogens with zero attached hydrogens (tertiary/aromatic N) is 2. The Labute approximate surface area is 123 Å². The van der Waals surface area contributed by atoms with Gasteiger partial charge in [0.25, 0.3) is 5.56 Å². The van der Waals surface area contributed by atoms with E-state index < -0.39 is 11.5 Å². The summed E-state index contributed by atoms with van der Waals surface area (Å²) in [5, 5.41) is 13.4. The van der Waals surface area contributed by atoms with E-state index in [1.807, 2.05) is 13.0 Å². The number of aromatic amines is 1. The van der Waals surface area contributed by atoms with Gasteiger partial charge in [0.15, 0.2) is 5.69 Å². The van der Waals surface area contributed by atoms with Crippen molar-refractivity contribution in [2.45, 2.75) is 6.92 Å². The predicted molar refractivity (Wildman–Crippen MR) is 78.0 cm³/mol. The minimum absolute atomic E-state index is 0.176. The van der Waals surface area contributed by atoms with E-state index in [1.165, 1.54) is 10.6 Å². The van der Waals surface area contributed by atoms with Crippen LogP contribution in [-0.2, 0) is 0 Å². The molecule has 1 aromatic carbocycles. The second-order valence-electron chi connectivity index (χ2n) is 4.63. The number of fused-ring (bicyclic) bond motifs is 1. The maximum atomic E-state index is 12.0. The summed E-state index contributed by atoms with van der Waals surface area (Å²) in [6.45, 7) is 1.86. The van der Waals surface area contributed by atoms with Crippen LogP contribution in [0.15, 0.2) is 35.3 Å². The lowest BCUT2D eigenvalue weighted by Crippen LogP contribution is -2.10. The number of carboxylic acids is 1. The zero-order chi connectivity index (χ0) is 15.1. The van der Waals surface area contributed by atoms with Crippen molar-refractivity contribution in [3.8, 4) is 11.3 Å². The van der Waals surface area contributed by atoms with Crippen molar-refractivity contribution in [3.05, 3.63) is 57.1 Å². The fourth-order valence-electron chi connectivity index (χ4n) is 2.07. The molecule has 0 aliphatic heterocycles. The van der Waals surface area contributed by atoms with Crippen molar-refractivity contribution >= 4 is 23.1 Å². The van der Waals surface area contributed by atoms with Gasteiger partial charge in [-0.3, -0.25) is 4.79 Å². The molecule has 0 unspecified atom stereocenters. The maximum absolute atomic E-state index is 12.0. The number of carbonyl (C=O) groups is 1. The number of hydrogen-bond donors (Lipinski definition) is 2. The first-order valence-electron chi connectivity index (χ1n) is 6.08. The van der Waals surface area contributed by atoms with Crippen LogP contribution in [0.4, 0.5) is 0 Å². The average Bonchev–Trinajstić information content (AvgIpc) is 2.86. The standard InChI is InChI=1S/C14H10ClN3O3/c1-7-4-8(2-3-9(7)15)11-6-18-12(13(19)16-11)5-10(17-18)14(20)21/h2-6H,1H3,(H,16,19)(H,20,21). The zero-order valence-corrected chi connectivity index (χ0v) is 11.7. The number of rotatable bonds is 2. The van der Waals surface area contributed by atoms with Crippen molar-refractivity contribution in [2.24, 2.45) is 0 Å². The number of aromatic carboxylic acids is 1. The Morgan fingerprint density at radius 2 is 2.14 bits per heavy atom. The third-order valence-corrected chi connectivity index (χ3v) is 3.58. The van der Waals surface area contributed by atoms with Crippen LogP contribution >= 0.6 is 11.6 Å². The first-order valence-corrected chi connectivity index (χ1v) is 6.46. The fraction of sp³-hybridized carbons (Fsp3) is 0.0714. The van der Waals surface area contributed by atoms with Gasteiger partial charge in [0, 0.05) is 11.1 Å². The highest BCUT2D eigenvalue weighted by Crippen LogP contribution is 2.22. The van der Waals surface area contributed by atoms with Crippen molar-refractivity contribution in [1.82, 2.24) is 14.6 Å². The Bertz CT molecular complexity index is 927. The summed E-state index contributed by atoms with van der Waals surface area (Å²) >= 11 is 5.98. The molecular formula is C14H10ClN3O3. The van der Waals surface area contributed by atoms with E-state index in [1.54, 1.807) is 18.3 Å². The lowest BCUT2D eigenvalue weighted by molar-refractivity contribution is 0.0690. The van der Waals surface area contributed by atoms with Crippen LogP contribution < -0.4 is 5.56 Å². The number of nitrogens with one attached hydrogen (secondary N) is 1. The van der Waals surface area contributed by atoms with Crippen molar-refractivity contribution in [1.29, 1.82) is 0 Å². The summed E-state index contributed by atoms with van der Waals surface area (Å²) in [5.74, 6) is -1.18. The van der Waals surface area contributed by atoms with E-state index in [0.29, 0.717) is 10.7 Å². The number of carboxylic acid groups (broad SMARTS) is 1. The summed E-state index contributed by atoms with van der Waals surface area (Å²) in [7, 11) is 0. The van der Waals surface area contributed by atoms with Crippen molar-refractivity contribution in [2.75, 3.05) is 0 Å². The molecule has 0 spiro atoms. The van der Waals surface area contributed by atoms with Crippen LogP contribution in [0.25, 0.3) is 16.8 Å². The minimum atomic E-state index is -1.18. The second kappa shape index (κ2) is 4.75. The molecule has 0 fully saturated rings. The van der Waals surface area contributed by atoms with Crippen molar-refractivity contribution < 1.29 is 9.90 Å². The first-order chi connectivity index (χ1) is 9.95. The lowest BCUT2D eigenvalue weighted by atomic mass is 10.1. The quantitative estimate of drug-likeness (QED) is 0.760. The highest BCUT2D eigenvalue weighted by molar-refractivity contribution is 6.31. The SMILES string of the molecule is Cc1cc(-c2cn3nc(C(=O)O)cc3c(=O)[nH]2)ccc1Cl. The van der Waals surface area contributed by atoms with E-state index in [9.17, 15) is 9.59 Å². The van der Waals surface area contributed by atoms with Crippen LogP contribution in [0.3, 0.4) is 0 Å². The van der Waals surface area contributed by atoms with Gasteiger partial charge in [-0.2, -0.15) is 5.10 Å². The molecular weight excluding hydrogens is 294 g/mol. The van der Waals surface area contributed by atoms with Crippen LogP contribution in [0.5, 0.6) is 0 Å². The summed E-state index contributed by atoms with van der Waals surface area (Å²) in [5.41, 5.74) is 1.78. The zero-order valence-electron chi connectivity index (χ0n) is 10.9. The molecule has 0 aliphatic carbocycles.